The van der Waals surface area contributed by atoms with Gasteiger partial charge in [0.15, 0.2) is 0 Å². The Morgan fingerprint density at radius 3 is 2.43 bits per heavy atom. The molecule has 1 unspecified atom stereocenters. The van der Waals surface area contributed by atoms with E-state index in [-0.39, 0.29) is 23.0 Å². The monoisotopic (exact) mass is 402 g/mol. The molecule has 0 radical (unpaired) electrons. The normalized spacial score (nSPS) is 22.2. The second-order valence-electron chi connectivity index (χ2n) is 8.00. The topological polar surface area (TPSA) is 40.6 Å². The van der Waals surface area contributed by atoms with Crippen LogP contribution in [0.5, 0.6) is 0 Å². The van der Waals surface area contributed by atoms with Gasteiger partial charge in [0.25, 0.3) is 0 Å². The predicted molar refractivity (Wildman–Crippen MR) is 110 cm³/mol. The second kappa shape index (κ2) is 7.48. The van der Waals surface area contributed by atoms with E-state index in [1.165, 1.54) is 11.6 Å². The molecule has 2 fully saturated rings. The first-order chi connectivity index (χ1) is 13.5. The summed E-state index contributed by atoms with van der Waals surface area (Å²) in [5.41, 5.74) is 2.13. The summed E-state index contributed by atoms with van der Waals surface area (Å²) in [5, 5.41) is 0. The Labute approximate surface area is 167 Å². The molecule has 0 saturated carbocycles. The van der Waals surface area contributed by atoms with Gasteiger partial charge in [0, 0.05) is 30.7 Å². The maximum Gasteiger partial charge on any atom is 0.214 e. The van der Waals surface area contributed by atoms with Gasteiger partial charge < -0.3 is 4.90 Å². The van der Waals surface area contributed by atoms with Crippen LogP contribution in [-0.2, 0) is 10.0 Å². The molecule has 1 spiro atoms. The number of hydrogen-bond acceptors (Lipinski definition) is 3. The minimum atomic E-state index is -3.15. The molecule has 6 heteroatoms. The number of anilines is 1. The number of hydrogen-bond donors (Lipinski definition) is 0. The summed E-state index contributed by atoms with van der Waals surface area (Å²) in [5.74, 6) is -0.0110. The molecule has 2 heterocycles. The minimum Gasteiger partial charge on any atom is -0.363 e. The van der Waals surface area contributed by atoms with Crippen molar-refractivity contribution in [1.82, 2.24) is 4.31 Å². The maximum atomic E-state index is 13.8. The zero-order valence-corrected chi connectivity index (χ0v) is 17.0. The molecule has 4 nitrogen and oxygen atoms in total. The Kier molecular flexibility index (Phi) is 5.19. The van der Waals surface area contributed by atoms with Crippen molar-refractivity contribution in [2.75, 3.05) is 30.3 Å². The molecule has 28 heavy (non-hydrogen) atoms. The first-order valence-electron chi connectivity index (χ1n) is 10.0. The van der Waals surface area contributed by atoms with Gasteiger partial charge in [-0.2, -0.15) is 0 Å². The van der Waals surface area contributed by atoms with Crippen LogP contribution in [0.4, 0.5) is 10.1 Å². The minimum absolute atomic E-state index is 0.0336. The van der Waals surface area contributed by atoms with Gasteiger partial charge in [-0.15, -0.1) is 0 Å². The fourth-order valence-electron chi connectivity index (χ4n) is 4.83. The van der Waals surface area contributed by atoms with E-state index < -0.39 is 10.0 Å². The average molecular weight is 403 g/mol. The highest BCUT2D eigenvalue weighted by Gasteiger charge is 2.54. The van der Waals surface area contributed by atoms with E-state index in [1.807, 2.05) is 31.2 Å². The third-order valence-corrected chi connectivity index (χ3v) is 8.28. The quantitative estimate of drug-likeness (QED) is 0.752. The summed E-state index contributed by atoms with van der Waals surface area (Å²) in [6, 6.07) is 17.2. The molecular formula is C22H27FN2O2S. The summed E-state index contributed by atoms with van der Waals surface area (Å²) < 4.78 is 40.4. The highest BCUT2D eigenvalue weighted by atomic mass is 32.2. The molecule has 0 bridgehead atoms. The Bertz CT molecular complexity index is 925. The fraction of sp³-hybridized carbons (Fsp3) is 0.455. The molecule has 0 aliphatic carbocycles. The van der Waals surface area contributed by atoms with E-state index in [0.29, 0.717) is 19.5 Å². The molecule has 2 aromatic carbocycles. The van der Waals surface area contributed by atoms with Crippen LogP contribution in [0.15, 0.2) is 54.6 Å². The molecular weight excluding hydrogens is 375 g/mol. The van der Waals surface area contributed by atoms with Gasteiger partial charge in [0.05, 0.1) is 11.8 Å². The van der Waals surface area contributed by atoms with Crippen LogP contribution < -0.4 is 4.90 Å². The number of halogens is 1. The van der Waals surface area contributed by atoms with Crippen LogP contribution in [0.1, 0.15) is 37.8 Å². The third-order valence-electron chi connectivity index (χ3n) is 6.21. The van der Waals surface area contributed by atoms with E-state index in [2.05, 4.69) is 17.0 Å². The lowest BCUT2D eigenvalue weighted by molar-refractivity contribution is 0.0574. The second-order valence-corrected chi connectivity index (χ2v) is 10.1. The first-order valence-corrected chi connectivity index (χ1v) is 11.6. The van der Waals surface area contributed by atoms with Crippen molar-refractivity contribution in [3.63, 3.8) is 0 Å². The highest BCUT2D eigenvalue weighted by Crippen LogP contribution is 2.56. The summed E-state index contributed by atoms with van der Waals surface area (Å²) in [6.45, 7) is 3.88. The van der Waals surface area contributed by atoms with E-state index in [1.54, 1.807) is 16.4 Å². The Morgan fingerprint density at radius 2 is 1.79 bits per heavy atom. The maximum absolute atomic E-state index is 13.8. The largest absolute Gasteiger partial charge is 0.363 e. The lowest BCUT2D eigenvalue weighted by Gasteiger charge is -2.61. The lowest BCUT2D eigenvalue weighted by Crippen LogP contribution is -2.62. The van der Waals surface area contributed by atoms with Crippen LogP contribution in [-0.4, -0.2) is 38.1 Å². The van der Waals surface area contributed by atoms with Gasteiger partial charge in [-0.25, -0.2) is 17.1 Å². The van der Waals surface area contributed by atoms with Crippen molar-refractivity contribution in [1.29, 1.82) is 0 Å². The van der Waals surface area contributed by atoms with Gasteiger partial charge in [-0.3, -0.25) is 0 Å². The summed E-state index contributed by atoms with van der Waals surface area (Å²) in [7, 11) is -3.15. The molecule has 4 rings (SSSR count). The highest BCUT2D eigenvalue weighted by molar-refractivity contribution is 7.89. The van der Waals surface area contributed by atoms with Gasteiger partial charge in [0.1, 0.15) is 5.82 Å². The van der Waals surface area contributed by atoms with Crippen molar-refractivity contribution >= 4 is 15.7 Å². The van der Waals surface area contributed by atoms with Gasteiger partial charge >= 0.3 is 0 Å². The summed E-state index contributed by atoms with van der Waals surface area (Å²) in [6.07, 6.45) is 2.31. The predicted octanol–water partition coefficient (Wildman–Crippen LogP) is 4.21. The number of sulfonamides is 1. The fourth-order valence-corrected chi connectivity index (χ4v) is 6.34. The average Bonchev–Trinajstić information content (AvgIpc) is 2.67. The van der Waals surface area contributed by atoms with Gasteiger partial charge in [-0.05, 0) is 43.0 Å². The van der Waals surface area contributed by atoms with Crippen LogP contribution >= 0.6 is 0 Å². The lowest BCUT2D eigenvalue weighted by atomic mass is 9.63. The third kappa shape index (κ3) is 3.44. The van der Waals surface area contributed by atoms with Crippen molar-refractivity contribution in [3.05, 3.63) is 66.0 Å². The van der Waals surface area contributed by atoms with Crippen molar-refractivity contribution in [3.8, 4) is 0 Å². The summed E-state index contributed by atoms with van der Waals surface area (Å²) in [4.78, 5) is 2.26. The van der Waals surface area contributed by atoms with E-state index >= 15 is 0 Å². The molecule has 0 aromatic heterocycles. The van der Waals surface area contributed by atoms with Crippen molar-refractivity contribution in [2.45, 2.75) is 32.2 Å². The van der Waals surface area contributed by atoms with E-state index in [4.69, 9.17) is 0 Å². The molecule has 0 amide bonds. The van der Waals surface area contributed by atoms with Gasteiger partial charge in [0.2, 0.25) is 10.0 Å². The molecule has 1 atom stereocenters. The van der Waals surface area contributed by atoms with Crippen LogP contribution in [0.2, 0.25) is 0 Å². The zero-order chi connectivity index (χ0) is 19.8. The molecule has 2 saturated heterocycles. The molecule has 2 aliphatic rings. The SMILES string of the molecule is CCCS(=O)(=O)N1CCC2(CC1)CN(c1cccc(F)c1)C2c1ccccc1. The smallest absolute Gasteiger partial charge is 0.214 e. The van der Waals surface area contributed by atoms with Crippen LogP contribution in [0.3, 0.4) is 0 Å². The standard InChI is InChI=1S/C22H27FN2O2S/c1-2-15-28(26,27)24-13-11-22(12-14-24)17-25(20-10-6-9-19(23)16-20)21(22)18-7-4-3-5-8-18/h3-10,16,21H,2,11-15,17H2,1H3. The van der Waals surface area contributed by atoms with E-state index in [9.17, 15) is 12.8 Å². The van der Waals surface area contributed by atoms with Crippen molar-refractivity contribution < 1.29 is 12.8 Å². The summed E-state index contributed by atoms with van der Waals surface area (Å²) >= 11 is 0. The van der Waals surface area contributed by atoms with Crippen LogP contribution in [0.25, 0.3) is 0 Å². The molecule has 2 aromatic rings. The number of nitrogens with zero attached hydrogens (tertiary/aromatic N) is 2. The number of benzene rings is 2. The molecule has 0 N–H and O–H groups in total. The zero-order valence-electron chi connectivity index (χ0n) is 16.2. The molecule has 2 aliphatic heterocycles. The van der Waals surface area contributed by atoms with Crippen LogP contribution in [0, 0.1) is 11.2 Å². The Balaban J connectivity index is 1.60. The number of rotatable bonds is 5. The molecule has 150 valence electrons. The van der Waals surface area contributed by atoms with Crippen molar-refractivity contribution in [2.24, 2.45) is 5.41 Å². The van der Waals surface area contributed by atoms with E-state index in [0.717, 1.165) is 25.1 Å². The first kappa shape index (κ1) is 19.4. The Hall–Kier alpha value is -1.92. The number of piperidine rings is 1. The van der Waals surface area contributed by atoms with Gasteiger partial charge in [-0.1, -0.05) is 43.3 Å². The Morgan fingerprint density at radius 1 is 1.07 bits per heavy atom.